The van der Waals surface area contributed by atoms with Gasteiger partial charge in [0.25, 0.3) is 0 Å². The molecule has 5 N–H and O–H groups in total. The van der Waals surface area contributed by atoms with Gasteiger partial charge in [-0.15, -0.1) is 0 Å². The van der Waals surface area contributed by atoms with Gasteiger partial charge in [0.05, 0.1) is 32.2 Å². The summed E-state index contributed by atoms with van der Waals surface area (Å²) in [6, 6.07) is 0. The topological polar surface area (TPSA) is 226 Å². The van der Waals surface area contributed by atoms with E-state index in [1.165, 1.54) is 20.1 Å². The van der Waals surface area contributed by atoms with Gasteiger partial charge in [-0.3, -0.25) is 14.4 Å². The summed E-state index contributed by atoms with van der Waals surface area (Å²) in [5.41, 5.74) is 0.579. The lowest BCUT2D eigenvalue weighted by Gasteiger charge is -2.44. The minimum atomic E-state index is -1.81. The van der Waals surface area contributed by atoms with Gasteiger partial charge in [0.2, 0.25) is 6.29 Å². The normalized spacial score (nSPS) is 40.4. The predicted molar refractivity (Wildman–Crippen MR) is 156 cm³/mol. The van der Waals surface area contributed by atoms with Crippen LogP contribution < -0.4 is 0 Å². The molecule has 0 aromatic heterocycles. The monoisotopic (exact) mass is 676 g/mol. The number of rotatable bonds is 13. The minimum Gasteiger partial charge on any atom is -0.472 e. The Labute approximate surface area is 272 Å². The van der Waals surface area contributed by atoms with Crippen molar-refractivity contribution in [3.8, 4) is 0 Å². The van der Waals surface area contributed by atoms with Gasteiger partial charge < -0.3 is 63.4 Å². The Morgan fingerprint density at radius 2 is 1.66 bits per heavy atom. The number of aliphatic hydroxyl groups excluding tert-OH is 5. The first-order chi connectivity index (χ1) is 22.3. The van der Waals surface area contributed by atoms with E-state index in [2.05, 4.69) is 13.8 Å². The number of Topliss-reactive ketones (excluding diaryl/α,β-unsaturated/α-hetero) is 1. The zero-order valence-electron chi connectivity index (χ0n) is 27.2. The van der Waals surface area contributed by atoms with Gasteiger partial charge in [0.1, 0.15) is 30.5 Å². The van der Waals surface area contributed by atoms with Crippen molar-refractivity contribution in [2.24, 2.45) is 23.7 Å². The number of carbonyl (C=O) groups excluding carboxylic acids is 3. The summed E-state index contributed by atoms with van der Waals surface area (Å²) in [5, 5.41) is 51.9. The molecular weight excluding hydrogens is 628 g/mol. The van der Waals surface area contributed by atoms with Gasteiger partial charge in [-0.05, 0) is 37.2 Å². The van der Waals surface area contributed by atoms with Gasteiger partial charge in [-0.25, -0.2) is 0 Å². The Morgan fingerprint density at radius 1 is 0.957 bits per heavy atom. The van der Waals surface area contributed by atoms with E-state index in [0.29, 0.717) is 24.5 Å². The van der Waals surface area contributed by atoms with E-state index >= 15 is 0 Å². The third-order valence-electron chi connectivity index (χ3n) is 9.01. The van der Waals surface area contributed by atoms with Crippen LogP contribution in [0.5, 0.6) is 0 Å². The molecule has 16 heteroatoms. The second kappa shape index (κ2) is 16.4. The lowest BCUT2D eigenvalue weighted by molar-refractivity contribution is -0.334. The molecule has 16 nitrogen and oxygen atoms in total. The number of esters is 2. The van der Waals surface area contributed by atoms with Gasteiger partial charge in [-0.2, -0.15) is 0 Å². The summed E-state index contributed by atoms with van der Waals surface area (Å²) >= 11 is 0. The average Bonchev–Trinajstić information content (AvgIpc) is 3.37. The molecule has 14 atom stereocenters. The number of hydrogen-bond donors (Lipinski definition) is 5. The minimum absolute atomic E-state index is 0.210. The van der Waals surface area contributed by atoms with Crippen molar-refractivity contribution in [3.63, 3.8) is 0 Å². The Hall–Kier alpha value is -2.25. The van der Waals surface area contributed by atoms with Crippen molar-refractivity contribution in [1.29, 1.82) is 0 Å². The Morgan fingerprint density at radius 3 is 2.28 bits per heavy atom. The highest BCUT2D eigenvalue weighted by Crippen LogP contribution is 2.48. The van der Waals surface area contributed by atoms with Crippen LogP contribution in [-0.4, -0.2) is 137 Å². The maximum absolute atomic E-state index is 13.3. The molecule has 268 valence electrons. The molecule has 0 aromatic carbocycles. The highest BCUT2D eigenvalue weighted by atomic mass is 16.8. The van der Waals surface area contributed by atoms with Gasteiger partial charge >= 0.3 is 11.9 Å². The highest BCUT2D eigenvalue weighted by Gasteiger charge is 2.54. The lowest BCUT2D eigenvalue weighted by atomic mass is 9.83. The number of aliphatic hydroxyl groups is 5. The Balaban J connectivity index is 1.52. The van der Waals surface area contributed by atoms with Crippen LogP contribution in [0, 0.1) is 23.7 Å². The molecule has 47 heavy (non-hydrogen) atoms. The third kappa shape index (κ3) is 8.68. The molecule has 2 saturated heterocycles. The van der Waals surface area contributed by atoms with E-state index in [1.807, 2.05) is 0 Å². The van der Waals surface area contributed by atoms with Crippen LogP contribution in [0.3, 0.4) is 0 Å². The van der Waals surface area contributed by atoms with Crippen LogP contribution in [0.4, 0.5) is 0 Å². The van der Waals surface area contributed by atoms with E-state index in [1.54, 1.807) is 0 Å². The predicted octanol–water partition coefficient (Wildman–Crippen LogP) is -1.09. The largest absolute Gasteiger partial charge is 0.472 e. The molecule has 0 amide bonds. The molecule has 4 aliphatic rings. The van der Waals surface area contributed by atoms with Crippen molar-refractivity contribution in [3.05, 3.63) is 11.8 Å². The number of ether oxygens (including phenoxy) is 8. The van der Waals surface area contributed by atoms with Crippen molar-refractivity contribution in [1.82, 2.24) is 0 Å². The van der Waals surface area contributed by atoms with E-state index in [0.717, 1.165) is 13.3 Å². The summed E-state index contributed by atoms with van der Waals surface area (Å²) in [4.78, 5) is 36.6. The second-order valence-electron chi connectivity index (χ2n) is 12.9. The van der Waals surface area contributed by atoms with Crippen molar-refractivity contribution in [2.75, 3.05) is 26.4 Å². The highest BCUT2D eigenvalue weighted by molar-refractivity contribution is 5.89. The zero-order chi connectivity index (χ0) is 34.6. The first-order valence-electron chi connectivity index (χ1n) is 15.9. The summed E-state index contributed by atoms with van der Waals surface area (Å²) in [6.45, 7) is 7.20. The van der Waals surface area contributed by atoms with E-state index in [4.69, 9.17) is 37.9 Å². The molecule has 3 aliphatic heterocycles. The summed E-state index contributed by atoms with van der Waals surface area (Å²) < 4.78 is 45.7. The fraction of sp³-hybridized carbons (Fsp3) is 0.839. The van der Waals surface area contributed by atoms with Crippen LogP contribution in [0.15, 0.2) is 11.8 Å². The smallest absolute Gasteiger partial charge is 0.303 e. The quantitative estimate of drug-likeness (QED) is 0.146. The van der Waals surface area contributed by atoms with Crippen molar-refractivity contribution >= 4 is 17.7 Å². The molecular formula is C31H48O16. The van der Waals surface area contributed by atoms with Gasteiger partial charge in [0.15, 0.2) is 30.6 Å². The molecule has 3 fully saturated rings. The SMILES string of the molecule is CC(=O)O[C@@H]1[C@@H](O)[C@@H](O)[C@H](O[C@@H]2C(=O)[C@H](O)[C@@H](CO)O[C@H]2OCC2=CO[C@@H](OCCC(C)C)[C@@H]3[C@@H](CO)[C@@H](OC(C)=O)C[C@H]23)O[C@H]1C. The number of carbonyl (C=O) groups is 3. The average molecular weight is 677 g/mol. The summed E-state index contributed by atoms with van der Waals surface area (Å²) in [6.07, 6.45) is -12.4. The first kappa shape index (κ1) is 37.6. The first-order valence-corrected chi connectivity index (χ1v) is 15.9. The molecule has 4 rings (SSSR count). The molecule has 0 spiro atoms. The third-order valence-corrected chi connectivity index (χ3v) is 9.01. The van der Waals surface area contributed by atoms with E-state index in [9.17, 15) is 39.9 Å². The van der Waals surface area contributed by atoms with Crippen LogP contribution in [0.25, 0.3) is 0 Å². The Kier molecular flexibility index (Phi) is 13.1. The molecule has 0 bridgehead atoms. The molecule has 1 aliphatic carbocycles. The molecule has 0 radical (unpaired) electrons. The molecule has 0 aromatic rings. The van der Waals surface area contributed by atoms with Crippen molar-refractivity contribution in [2.45, 2.75) is 115 Å². The van der Waals surface area contributed by atoms with Gasteiger partial charge in [0, 0.05) is 32.3 Å². The lowest BCUT2D eigenvalue weighted by Crippen LogP contribution is -2.63. The molecule has 0 unspecified atom stereocenters. The number of hydrogen-bond acceptors (Lipinski definition) is 16. The van der Waals surface area contributed by atoms with Crippen molar-refractivity contribution < 1.29 is 77.8 Å². The standard InChI is InChI=1S/C31H48O16/c1-13(2)6-7-40-29-22-18(8-20(19(22)9-32)44-15(4)34)17(11-41-29)12-42-31-28(24(37)23(36)21(10-33)46-31)47-30-26(39)25(38)27(14(3)43-30)45-16(5)35/h11,13-14,18-23,25-33,36,38-39H,6-10,12H2,1-5H3/t14-,18+,19-,20-,21+,22-,23+,25-,26+,27-,28+,29+,30-,31+/m0/s1. The maximum Gasteiger partial charge on any atom is 0.303 e. The van der Waals surface area contributed by atoms with E-state index < -0.39 is 104 Å². The fourth-order valence-electron chi connectivity index (χ4n) is 6.55. The van der Waals surface area contributed by atoms with E-state index in [-0.39, 0.29) is 19.1 Å². The summed E-state index contributed by atoms with van der Waals surface area (Å²) in [5.74, 6) is -2.99. The van der Waals surface area contributed by atoms with Crippen LogP contribution >= 0.6 is 0 Å². The molecule has 1 saturated carbocycles. The van der Waals surface area contributed by atoms with Crippen LogP contribution in [0.1, 0.15) is 47.5 Å². The number of fused-ring (bicyclic) bond motifs is 1. The second-order valence-corrected chi connectivity index (χ2v) is 12.9. The van der Waals surface area contributed by atoms with Gasteiger partial charge in [-0.1, -0.05) is 13.8 Å². The Bertz CT molecular complexity index is 1110. The molecule has 3 heterocycles. The maximum atomic E-state index is 13.3. The number of ketones is 1. The van der Waals surface area contributed by atoms with Crippen LogP contribution in [0.2, 0.25) is 0 Å². The van der Waals surface area contributed by atoms with Crippen LogP contribution in [-0.2, 0) is 52.3 Å². The zero-order valence-corrected chi connectivity index (χ0v) is 27.2. The fourth-order valence-corrected chi connectivity index (χ4v) is 6.55. The summed E-state index contributed by atoms with van der Waals surface area (Å²) in [7, 11) is 0.